The number of nitrogens with one attached hydrogen (secondary N) is 1. The molecule has 0 radical (unpaired) electrons. The van der Waals surface area contributed by atoms with E-state index in [1.807, 2.05) is 19.2 Å². The van der Waals surface area contributed by atoms with E-state index in [1.165, 1.54) is 0 Å². The molecule has 0 saturated carbocycles. The molecule has 2 aliphatic rings. The number of fused-ring (bicyclic) bond motifs is 2. The summed E-state index contributed by atoms with van der Waals surface area (Å²) >= 11 is 1.67. The average Bonchev–Trinajstić information content (AvgIpc) is 3.04. The zero-order chi connectivity index (χ0) is 17.7. The van der Waals surface area contributed by atoms with Crippen LogP contribution in [-0.2, 0) is 9.53 Å². The van der Waals surface area contributed by atoms with Crippen molar-refractivity contribution in [3.63, 3.8) is 0 Å². The van der Waals surface area contributed by atoms with Crippen molar-refractivity contribution in [1.82, 2.24) is 14.9 Å². The van der Waals surface area contributed by atoms with Gasteiger partial charge in [0, 0.05) is 24.3 Å². The number of anilines is 1. The Morgan fingerprint density at radius 2 is 2.23 bits per heavy atom. The van der Waals surface area contributed by atoms with E-state index in [1.54, 1.807) is 17.5 Å². The van der Waals surface area contributed by atoms with Crippen molar-refractivity contribution in [1.29, 1.82) is 0 Å². The van der Waals surface area contributed by atoms with Crippen molar-refractivity contribution in [2.45, 2.75) is 19.1 Å². The molecular weight excluding hydrogens is 348 g/mol. The van der Waals surface area contributed by atoms with Crippen LogP contribution in [-0.4, -0.2) is 52.6 Å². The van der Waals surface area contributed by atoms with E-state index in [2.05, 4.69) is 38.4 Å². The van der Waals surface area contributed by atoms with Gasteiger partial charge in [-0.2, -0.15) is 0 Å². The Morgan fingerprint density at radius 3 is 2.92 bits per heavy atom. The van der Waals surface area contributed by atoms with Crippen molar-refractivity contribution >= 4 is 33.8 Å². The molecule has 1 unspecified atom stereocenters. The molecular formula is C19H18N4O2S. The fourth-order valence-corrected chi connectivity index (χ4v) is 4.24. The lowest BCUT2D eigenvalue weighted by Gasteiger charge is -2.54. The third-order valence-corrected chi connectivity index (χ3v) is 6.00. The van der Waals surface area contributed by atoms with Gasteiger partial charge in [-0.05, 0) is 30.0 Å². The Kier molecular flexibility index (Phi) is 3.74. The number of benzene rings is 1. The number of likely N-dealkylation sites (tertiary alicyclic amines) is 1. The van der Waals surface area contributed by atoms with Crippen LogP contribution in [0.15, 0.2) is 36.7 Å². The molecule has 0 bridgehead atoms. The molecule has 1 amide bonds. The van der Waals surface area contributed by atoms with Crippen LogP contribution in [0.3, 0.4) is 0 Å². The van der Waals surface area contributed by atoms with Crippen molar-refractivity contribution in [3.8, 4) is 10.4 Å². The van der Waals surface area contributed by atoms with Crippen LogP contribution in [0.2, 0.25) is 0 Å². The Hall–Kier alpha value is -2.35. The number of aryl methyl sites for hydroxylation is 1. The standard InChI is InChI=1S/C19H18N4O2S/c1-11-20-7-17(26-11)12-2-3-13-6-21-18(5-14(13)4-12)22-19(24)9-23-8-16-15(23)10-25-16/h2-7,15-16H,8-10H2,1H3,(H,21,22,24)/t15-,16?/m0/s1. The number of amides is 1. The first-order chi connectivity index (χ1) is 12.7. The monoisotopic (exact) mass is 366 g/mol. The molecule has 2 aromatic heterocycles. The molecule has 4 heterocycles. The predicted octanol–water partition coefficient (Wildman–Crippen LogP) is 2.69. The summed E-state index contributed by atoms with van der Waals surface area (Å²) in [5, 5.41) is 6.06. The minimum absolute atomic E-state index is 0.0311. The fourth-order valence-electron chi connectivity index (χ4n) is 3.47. The van der Waals surface area contributed by atoms with Gasteiger partial charge in [0.15, 0.2) is 0 Å². The molecule has 3 aromatic rings. The van der Waals surface area contributed by atoms with Gasteiger partial charge in [0.1, 0.15) is 5.82 Å². The van der Waals surface area contributed by atoms with Crippen molar-refractivity contribution < 1.29 is 9.53 Å². The zero-order valence-corrected chi connectivity index (χ0v) is 15.1. The van der Waals surface area contributed by atoms with Gasteiger partial charge in [0.2, 0.25) is 5.91 Å². The highest BCUT2D eigenvalue weighted by molar-refractivity contribution is 7.15. The van der Waals surface area contributed by atoms with Crippen LogP contribution in [0, 0.1) is 6.92 Å². The van der Waals surface area contributed by atoms with Gasteiger partial charge in [0.05, 0.1) is 35.2 Å². The third-order valence-electron chi connectivity index (χ3n) is 5.04. The van der Waals surface area contributed by atoms with Crippen LogP contribution in [0.1, 0.15) is 5.01 Å². The summed E-state index contributed by atoms with van der Waals surface area (Å²) in [7, 11) is 0. The van der Waals surface area contributed by atoms with E-state index < -0.39 is 0 Å². The van der Waals surface area contributed by atoms with Crippen LogP contribution in [0.25, 0.3) is 21.2 Å². The summed E-state index contributed by atoms with van der Waals surface area (Å²) in [6.45, 7) is 3.99. The number of nitrogens with zero attached hydrogens (tertiary/aromatic N) is 3. The molecule has 6 nitrogen and oxygen atoms in total. The van der Waals surface area contributed by atoms with E-state index >= 15 is 0 Å². The molecule has 2 fully saturated rings. The number of aromatic nitrogens is 2. The summed E-state index contributed by atoms with van der Waals surface area (Å²) in [6, 6.07) is 8.60. The van der Waals surface area contributed by atoms with Crippen LogP contribution in [0.5, 0.6) is 0 Å². The van der Waals surface area contributed by atoms with Crippen LogP contribution in [0.4, 0.5) is 5.82 Å². The van der Waals surface area contributed by atoms with E-state index in [0.717, 1.165) is 39.4 Å². The summed E-state index contributed by atoms with van der Waals surface area (Å²) in [5.41, 5.74) is 1.13. The maximum atomic E-state index is 12.3. The summed E-state index contributed by atoms with van der Waals surface area (Å²) < 4.78 is 5.37. The first kappa shape index (κ1) is 15.9. The van der Waals surface area contributed by atoms with Crippen molar-refractivity contribution in [3.05, 3.63) is 41.7 Å². The minimum Gasteiger partial charge on any atom is -0.373 e. The quantitative estimate of drug-likeness (QED) is 0.769. The van der Waals surface area contributed by atoms with Gasteiger partial charge in [-0.3, -0.25) is 9.69 Å². The second-order valence-electron chi connectivity index (χ2n) is 6.79. The lowest BCUT2D eigenvalue weighted by molar-refractivity contribution is -0.212. The minimum atomic E-state index is -0.0311. The van der Waals surface area contributed by atoms with E-state index in [-0.39, 0.29) is 5.91 Å². The van der Waals surface area contributed by atoms with Crippen LogP contribution < -0.4 is 5.32 Å². The van der Waals surface area contributed by atoms with E-state index in [0.29, 0.717) is 24.5 Å². The van der Waals surface area contributed by atoms with Gasteiger partial charge < -0.3 is 10.1 Å². The fraction of sp³-hybridized carbons (Fsp3) is 0.316. The molecule has 132 valence electrons. The molecule has 2 saturated heterocycles. The lowest BCUT2D eigenvalue weighted by atomic mass is 9.95. The first-order valence-corrected chi connectivity index (χ1v) is 9.45. The molecule has 0 aliphatic carbocycles. The van der Waals surface area contributed by atoms with E-state index in [4.69, 9.17) is 4.74 Å². The second kappa shape index (κ2) is 6.12. The van der Waals surface area contributed by atoms with E-state index in [9.17, 15) is 4.79 Å². The zero-order valence-electron chi connectivity index (χ0n) is 14.3. The maximum absolute atomic E-state index is 12.3. The highest BCUT2D eigenvalue weighted by atomic mass is 32.1. The van der Waals surface area contributed by atoms with Gasteiger partial charge in [0.25, 0.3) is 0 Å². The molecule has 2 atom stereocenters. The van der Waals surface area contributed by atoms with Crippen molar-refractivity contribution in [2.75, 3.05) is 25.0 Å². The maximum Gasteiger partial charge on any atom is 0.239 e. The van der Waals surface area contributed by atoms with Gasteiger partial charge in [-0.25, -0.2) is 9.97 Å². The summed E-state index contributed by atoms with van der Waals surface area (Å²) in [4.78, 5) is 24.3. The van der Waals surface area contributed by atoms with Gasteiger partial charge in [-0.15, -0.1) is 11.3 Å². The van der Waals surface area contributed by atoms with Crippen LogP contribution >= 0.6 is 11.3 Å². The summed E-state index contributed by atoms with van der Waals surface area (Å²) in [5.74, 6) is 0.554. The number of rotatable bonds is 4. The third kappa shape index (κ3) is 2.78. The number of carbonyl (C=O) groups is 1. The molecule has 5 rings (SSSR count). The topological polar surface area (TPSA) is 67.4 Å². The smallest absolute Gasteiger partial charge is 0.239 e. The molecule has 26 heavy (non-hydrogen) atoms. The number of hydrogen-bond donors (Lipinski definition) is 1. The van der Waals surface area contributed by atoms with Gasteiger partial charge in [-0.1, -0.05) is 12.1 Å². The Labute approximate surface area is 154 Å². The largest absolute Gasteiger partial charge is 0.373 e. The molecule has 2 aliphatic heterocycles. The lowest BCUT2D eigenvalue weighted by Crippen LogP contribution is -2.71. The number of morpholine rings is 1. The number of carbonyl (C=O) groups excluding carboxylic acids is 1. The number of hydrogen-bond acceptors (Lipinski definition) is 6. The SMILES string of the molecule is Cc1ncc(-c2ccc3cnc(NC(=O)CN4CC5OC[C@@H]54)cc3c2)s1. The Balaban J connectivity index is 1.33. The number of pyridine rings is 1. The summed E-state index contributed by atoms with van der Waals surface area (Å²) in [6.07, 6.45) is 4.04. The Morgan fingerprint density at radius 1 is 1.31 bits per heavy atom. The van der Waals surface area contributed by atoms with Gasteiger partial charge >= 0.3 is 0 Å². The highest BCUT2D eigenvalue weighted by Gasteiger charge is 2.47. The Bertz CT molecular complexity index is 1000. The highest BCUT2D eigenvalue weighted by Crippen LogP contribution is 2.30. The first-order valence-electron chi connectivity index (χ1n) is 8.64. The molecule has 1 N–H and O–H groups in total. The second-order valence-corrected chi connectivity index (χ2v) is 8.03. The normalized spacial score (nSPS) is 21.7. The molecule has 0 spiro atoms. The average molecular weight is 366 g/mol. The number of thiazole rings is 1. The van der Waals surface area contributed by atoms with Crippen molar-refractivity contribution in [2.24, 2.45) is 0 Å². The predicted molar refractivity (Wildman–Crippen MR) is 101 cm³/mol. The number of ether oxygens (including phenoxy) is 1. The molecule has 1 aromatic carbocycles. The molecule has 7 heteroatoms.